The lowest BCUT2D eigenvalue weighted by molar-refractivity contribution is -0.122. The van der Waals surface area contributed by atoms with Crippen molar-refractivity contribution in [2.45, 2.75) is 51.2 Å². The first-order valence-corrected chi connectivity index (χ1v) is 8.83. The van der Waals surface area contributed by atoms with Gasteiger partial charge in [-0.1, -0.05) is 6.07 Å². The van der Waals surface area contributed by atoms with Crippen molar-refractivity contribution in [1.29, 1.82) is 0 Å². The number of hydrogen-bond donors (Lipinski definition) is 1. The van der Waals surface area contributed by atoms with Crippen LogP contribution < -0.4 is 11.1 Å². The van der Waals surface area contributed by atoms with Crippen molar-refractivity contribution < 1.29 is 9.21 Å². The Morgan fingerprint density at radius 3 is 2.69 bits per heavy atom. The van der Waals surface area contributed by atoms with Crippen LogP contribution in [0.15, 0.2) is 40.1 Å². The van der Waals surface area contributed by atoms with E-state index in [1.54, 1.807) is 18.7 Å². The van der Waals surface area contributed by atoms with Crippen LogP contribution in [0.4, 0.5) is 0 Å². The molecule has 1 N–H and O–H groups in total. The Hall–Kier alpha value is -2.90. The molecule has 1 amide bonds. The maximum atomic E-state index is 12.4. The second-order valence-electron chi connectivity index (χ2n) is 6.91. The Bertz CT molecular complexity index is 965. The number of nitrogens with zero attached hydrogens (tertiary/aromatic N) is 4. The van der Waals surface area contributed by atoms with Gasteiger partial charge in [0.2, 0.25) is 5.91 Å². The molecule has 4 rings (SSSR count). The Morgan fingerprint density at radius 1 is 1.23 bits per heavy atom. The van der Waals surface area contributed by atoms with Crippen molar-refractivity contribution in [1.82, 2.24) is 24.6 Å². The van der Waals surface area contributed by atoms with Gasteiger partial charge < -0.3 is 14.3 Å². The summed E-state index contributed by atoms with van der Waals surface area (Å²) in [6.07, 6.45) is 7.21. The molecule has 8 nitrogen and oxygen atoms in total. The van der Waals surface area contributed by atoms with Crippen molar-refractivity contribution >= 4 is 17.0 Å². The van der Waals surface area contributed by atoms with Crippen molar-refractivity contribution in [3.8, 4) is 0 Å². The number of benzene rings is 1. The lowest BCUT2D eigenvalue weighted by Crippen LogP contribution is -2.40. The minimum absolute atomic E-state index is 0.0271. The predicted octanol–water partition coefficient (Wildman–Crippen LogP) is 1.79. The highest BCUT2D eigenvalue weighted by molar-refractivity contribution is 5.80. The SMILES string of the molecule is Cc1ccc2oc(=O)n(CC(=O)NC3CCC(n4cnnc4)CC3)c2c1. The lowest BCUT2D eigenvalue weighted by Gasteiger charge is -2.29. The van der Waals surface area contributed by atoms with Gasteiger partial charge in [0.15, 0.2) is 5.58 Å². The molecule has 1 aromatic carbocycles. The number of aromatic nitrogens is 4. The summed E-state index contributed by atoms with van der Waals surface area (Å²) in [7, 11) is 0. The van der Waals surface area contributed by atoms with Crippen LogP contribution >= 0.6 is 0 Å². The third-order valence-electron chi connectivity index (χ3n) is 5.04. The fourth-order valence-electron chi connectivity index (χ4n) is 3.65. The molecule has 1 aliphatic rings. The predicted molar refractivity (Wildman–Crippen MR) is 94.7 cm³/mol. The van der Waals surface area contributed by atoms with Gasteiger partial charge in [0.05, 0.1) is 5.52 Å². The summed E-state index contributed by atoms with van der Waals surface area (Å²) < 4.78 is 8.63. The van der Waals surface area contributed by atoms with E-state index in [4.69, 9.17) is 4.42 Å². The van der Waals surface area contributed by atoms with Crippen molar-refractivity contribution in [3.05, 3.63) is 47.0 Å². The van der Waals surface area contributed by atoms with Crippen LogP contribution in [0.5, 0.6) is 0 Å². The molecule has 136 valence electrons. The van der Waals surface area contributed by atoms with E-state index >= 15 is 0 Å². The molecule has 2 heterocycles. The standard InChI is InChI=1S/C18H21N5O3/c1-12-2-7-16-15(8-12)23(18(25)26-16)9-17(24)21-13-3-5-14(6-4-13)22-10-19-20-11-22/h2,7-8,10-11,13-14H,3-6,9H2,1H3,(H,21,24). The van der Waals surface area contributed by atoms with Crippen molar-refractivity contribution in [2.75, 3.05) is 0 Å². The number of aryl methyl sites for hydroxylation is 1. The topological polar surface area (TPSA) is 94.9 Å². The van der Waals surface area contributed by atoms with E-state index in [2.05, 4.69) is 15.5 Å². The van der Waals surface area contributed by atoms with E-state index < -0.39 is 5.76 Å². The number of nitrogens with one attached hydrogen (secondary N) is 1. The quantitative estimate of drug-likeness (QED) is 0.770. The summed E-state index contributed by atoms with van der Waals surface area (Å²) >= 11 is 0. The van der Waals surface area contributed by atoms with Crippen molar-refractivity contribution in [3.63, 3.8) is 0 Å². The number of hydrogen-bond acceptors (Lipinski definition) is 5. The van der Waals surface area contributed by atoms with E-state index in [9.17, 15) is 9.59 Å². The van der Waals surface area contributed by atoms with Crippen LogP contribution in [0, 0.1) is 6.92 Å². The second kappa shape index (κ2) is 6.78. The molecule has 0 radical (unpaired) electrons. The number of oxazole rings is 1. The average molecular weight is 355 g/mol. The van der Waals surface area contributed by atoms with Gasteiger partial charge in [-0.2, -0.15) is 0 Å². The Kier molecular flexibility index (Phi) is 4.32. The molecule has 1 fully saturated rings. The minimum Gasteiger partial charge on any atom is -0.408 e. The van der Waals surface area contributed by atoms with E-state index in [1.807, 2.05) is 23.6 Å². The lowest BCUT2D eigenvalue weighted by atomic mass is 9.91. The van der Waals surface area contributed by atoms with Gasteiger partial charge in [0.25, 0.3) is 0 Å². The van der Waals surface area contributed by atoms with E-state index in [1.165, 1.54) is 4.57 Å². The molecule has 1 aliphatic carbocycles. The van der Waals surface area contributed by atoms with Crippen LogP contribution in [-0.2, 0) is 11.3 Å². The maximum Gasteiger partial charge on any atom is 0.420 e. The molecule has 2 aromatic heterocycles. The van der Waals surface area contributed by atoms with Crippen LogP contribution in [0.3, 0.4) is 0 Å². The molecule has 0 atom stereocenters. The molecule has 26 heavy (non-hydrogen) atoms. The fraction of sp³-hybridized carbons (Fsp3) is 0.444. The maximum absolute atomic E-state index is 12.4. The van der Waals surface area contributed by atoms with Gasteiger partial charge in [-0.3, -0.25) is 9.36 Å². The van der Waals surface area contributed by atoms with Crippen LogP contribution in [0.25, 0.3) is 11.1 Å². The normalized spacial score (nSPS) is 20.3. The van der Waals surface area contributed by atoms with Gasteiger partial charge in [-0.25, -0.2) is 4.79 Å². The Balaban J connectivity index is 1.38. The van der Waals surface area contributed by atoms with Gasteiger partial charge in [0, 0.05) is 12.1 Å². The zero-order valence-corrected chi connectivity index (χ0v) is 14.6. The number of rotatable bonds is 4. The van der Waals surface area contributed by atoms with Gasteiger partial charge >= 0.3 is 5.76 Å². The smallest absolute Gasteiger partial charge is 0.408 e. The Labute approximate surface area is 149 Å². The number of amides is 1. The molecule has 0 aliphatic heterocycles. The van der Waals surface area contributed by atoms with Gasteiger partial charge in [-0.15, -0.1) is 10.2 Å². The fourth-order valence-corrected chi connectivity index (χ4v) is 3.65. The highest BCUT2D eigenvalue weighted by Gasteiger charge is 2.24. The van der Waals surface area contributed by atoms with Crippen LogP contribution in [0.1, 0.15) is 37.3 Å². The molecule has 0 unspecified atom stereocenters. The Morgan fingerprint density at radius 2 is 1.96 bits per heavy atom. The molecular formula is C18H21N5O3. The molecule has 8 heteroatoms. The first kappa shape index (κ1) is 16.6. The van der Waals surface area contributed by atoms with E-state index in [0.717, 1.165) is 31.2 Å². The molecule has 0 saturated heterocycles. The number of fused-ring (bicyclic) bond motifs is 1. The average Bonchev–Trinajstić information content (AvgIpc) is 3.25. The second-order valence-corrected chi connectivity index (χ2v) is 6.91. The summed E-state index contributed by atoms with van der Waals surface area (Å²) in [5, 5.41) is 10.7. The van der Waals surface area contributed by atoms with E-state index in [-0.39, 0.29) is 18.5 Å². The minimum atomic E-state index is -0.503. The summed E-state index contributed by atoms with van der Waals surface area (Å²) in [5.41, 5.74) is 2.17. The van der Waals surface area contributed by atoms with Crippen LogP contribution in [0.2, 0.25) is 0 Å². The number of carbonyl (C=O) groups is 1. The van der Waals surface area contributed by atoms with Crippen molar-refractivity contribution in [2.24, 2.45) is 0 Å². The molecule has 1 saturated carbocycles. The molecular weight excluding hydrogens is 334 g/mol. The summed E-state index contributed by atoms with van der Waals surface area (Å²) in [6.45, 7) is 1.91. The highest BCUT2D eigenvalue weighted by Crippen LogP contribution is 2.28. The zero-order valence-electron chi connectivity index (χ0n) is 14.6. The molecule has 0 bridgehead atoms. The first-order valence-electron chi connectivity index (χ1n) is 8.83. The molecule has 0 spiro atoms. The highest BCUT2D eigenvalue weighted by atomic mass is 16.4. The van der Waals surface area contributed by atoms with Gasteiger partial charge in [0.1, 0.15) is 19.2 Å². The largest absolute Gasteiger partial charge is 0.420 e. The van der Waals surface area contributed by atoms with Crippen LogP contribution in [-0.4, -0.2) is 31.3 Å². The zero-order chi connectivity index (χ0) is 18.1. The monoisotopic (exact) mass is 355 g/mol. The molecule has 3 aromatic rings. The first-order chi connectivity index (χ1) is 12.6. The third-order valence-corrected chi connectivity index (χ3v) is 5.04. The summed E-state index contributed by atoms with van der Waals surface area (Å²) in [4.78, 5) is 24.5. The summed E-state index contributed by atoms with van der Waals surface area (Å²) in [5.74, 6) is -0.666. The van der Waals surface area contributed by atoms with Gasteiger partial charge in [-0.05, 0) is 50.3 Å². The van der Waals surface area contributed by atoms with E-state index in [0.29, 0.717) is 17.1 Å². The number of carbonyl (C=O) groups excluding carboxylic acids is 1. The third kappa shape index (κ3) is 3.26. The summed E-state index contributed by atoms with van der Waals surface area (Å²) in [6, 6.07) is 6.02.